The molecule has 1 aromatic heterocycles. The van der Waals surface area contributed by atoms with E-state index < -0.39 is 0 Å². The molecule has 4 rings (SSSR count). The lowest BCUT2D eigenvalue weighted by atomic mass is 9.95. The molecule has 1 aliphatic heterocycles. The van der Waals surface area contributed by atoms with Crippen molar-refractivity contribution in [2.75, 3.05) is 6.61 Å². The van der Waals surface area contributed by atoms with Gasteiger partial charge in [0.1, 0.15) is 5.75 Å². The first kappa shape index (κ1) is 15.3. The van der Waals surface area contributed by atoms with Crippen LogP contribution in [0.4, 0.5) is 0 Å². The molecule has 0 bridgehead atoms. The van der Waals surface area contributed by atoms with Gasteiger partial charge in [0, 0.05) is 23.0 Å². The zero-order chi connectivity index (χ0) is 16.8. The van der Waals surface area contributed by atoms with Gasteiger partial charge in [-0.05, 0) is 52.3 Å². The first-order chi connectivity index (χ1) is 11.5. The van der Waals surface area contributed by atoms with Gasteiger partial charge < -0.3 is 9.72 Å². The molecule has 0 fully saturated rings. The monoisotopic (exact) mass is 319 g/mol. The van der Waals surface area contributed by atoms with Crippen LogP contribution in [0.15, 0.2) is 36.4 Å². The Morgan fingerprint density at radius 3 is 2.50 bits per heavy atom. The first-order valence-corrected chi connectivity index (χ1v) is 8.96. The molecule has 1 N–H and O–H groups in total. The molecule has 2 nitrogen and oxygen atoms in total. The third-order valence-corrected chi connectivity index (χ3v) is 5.06. The van der Waals surface area contributed by atoms with E-state index in [1.54, 1.807) is 0 Å². The van der Waals surface area contributed by atoms with Crippen molar-refractivity contribution >= 4 is 10.9 Å². The van der Waals surface area contributed by atoms with Gasteiger partial charge in [-0.25, -0.2) is 0 Å². The number of aromatic nitrogens is 1. The summed E-state index contributed by atoms with van der Waals surface area (Å²) in [5.41, 5.74) is 7.79. The van der Waals surface area contributed by atoms with Crippen molar-refractivity contribution in [1.29, 1.82) is 0 Å². The van der Waals surface area contributed by atoms with Crippen LogP contribution >= 0.6 is 0 Å². The van der Waals surface area contributed by atoms with Crippen molar-refractivity contribution in [3.8, 4) is 17.0 Å². The smallest absolute Gasteiger partial charge is 0.126 e. The number of nitrogens with one attached hydrogen (secondary N) is 1. The highest BCUT2D eigenvalue weighted by atomic mass is 16.5. The predicted molar refractivity (Wildman–Crippen MR) is 101 cm³/mol. The normalized spacial score (nSPS) is 13.8. The molecule has 2 heteroatoms. The van der Waals surface area contributed by atoms with Crippen LogP contribution in [0.25, 0.3) is 22.2 Å². The minimum atomic E-state index is 0.465. The predicted octanol–water partition coefficient (Wildman–Crippen LogP) is 6.02. The van der Waals surface area contributed by atoms with Crippen molar-refractivity contribution in [3.63, 3.8) is 0 Å². The summed E-state index contributed by atoms with van der Waals surface area (Å²) in [7, 11) is 0. The van der Waals surface area contributed by atoms with E-state index in [1.165, 1.54) is 38.9 Å². The van der Waals surface area contributed by atoms with E-state index in [1.807, 2.05) is 0 Å². The number of aromatic amines is 1. The number of benzene rings is 2. The molecular weight excluding hydrogens is 294 g/mol. The summed E-state index contributed by atoms with van der Waals surface area (Å²) in [5.74, 6) is 2.10. The Morgan fingerprint density at radius 2 is 1.75 bits per heavy atom. The lowest BCUT2D eigenvalue weighted by Crippen LogP contribution is -1.95. The number of H-pyrrole nitrogens is 1. The van der Waals surface area contributed by atoms with Gasteiger partial charge >= 0.3 is 0 Å². The molecule has 0 radical (unpaired) electrons. The van der Waals surface area contributed by atoms with Gasteiger partial charge in [-0.2, -0.15) is 0 Å². The van der Waals surface area contributed by atoms with Gasteiger partial charge in [-0.3, -0.25) is 0 Å². The average molecular weight is 319 g/mol. The van der Waals surface area contributed by atoms with E-state index in [0.29, 0.717) is 11.8 Å². The minimum absolute atomic E-state index is 0.465. The van der Waals surface area contributed by atoms with E-state index in [2.05, 4.69) is 69.1 Å². The van der Waals surface area contributed by atoms with Crippen LogP contribution in [0.2, 0.25) is 0 Å². The number of ether oxygens (including phenoxy) is 1. The Morgan fingerprint density at radius 1 is 0.958 bits per heavy atom. The third-order valence-electron chi connectivity index (χ3n) is 5.06. The molecule has 124 valence electrons. The molecule has 3 aromatic rings. The Hall–Kier alpha value is -2.22. The molecule has 0 unspecified atom stereocenters. The number of hydrogen-bond acceptors (Lipinski definition) is 1. The Balaban J connectivity index is 1.89. The second kappa shape index (κ2) is 5.70. The van der Waals surface area contributed by atoms with Crippen molar-refractivity contribution < 1.29 is 4.74 Å². The van der Waals surface area contributed by atoms with Crippen LogP contribution in [-0.2, 0) is 6.42 Å². The number of hydrogen-bond donors (Lipinski definition) is 1. The second-order valence-electron chi connectivity index (χ2n) is 7.46. The highest BCUT2D eigenvalue weighted by Crippen LogP contribution is 2.39. The standard InChI is InChI=1S/C22H25NO/c1-13(2)18-7-5-6-15-12-20(23-21(15)18)17-10-16-8-9-24-22(16)19(11-17)14(3)4/h5-7,10-14,23H,8-9H2,1-4H3. The molecular formula is C22H25NO. The van der Waals surface area contributed by atoms with Crippen LogP contribution in [0.5, 0.6) is 5.75 Å². The average Bonchev–Trinajstić information content (AvgIpc) is 3.19. The van der Waals surface area contributed by atoms with E-state index in [-0.39, 0.29) is 0 Å². The Labute approximate surface area is 143 Å². The lowest BCUT2D eigenvalue weighted by Gasteiger charge is -2.13. The van der Waals surface area contributed by atoms with E-state index in [0.717, 1.165) is 18.8 Å². The fraction of sp³-hybridized carbons (Fsp3) is 0.364. The van der Waals surface area contributed by atoms with Gasteiger partial charge in [0.2, 0.25) is 0 Å². The van der Waals surface area contributed by atoms with Crippen LogP contribution in [0.3, 0.4) is 0 Å². The fourth-order valence-electron chi connectivity index (χ4n) is 3.74. The molecule has 0 amide bonds. The van der Waals surface area contributed by atoms with Crippen molar-refractivity contribution in [2.24, 2.45) is 0 Å². The molecule has 0 spiro atoms. The number of fused-ring (bicyclic) bond motifs is 2. The van der Waals surface area contributed by atoms with E-state index >= 15 is 0 Å². The summed E-state index contributed by atoms with van der Waals surface area (Å²) in [6, 6.07) is 13.5. The molecule has 0 saturated carbocycles. The maximum atomic E-state index is 5.88. The van der Waals surface area contributed by atoms with Gasteiger partial charge in [-0.15, -0.1) is 0 Å². The minimum Gasteiger partial charge on any atom is -0.493 e. The van der Waals surface area contributed by atoms with Crippen LogP contribution in [-0.4, -0.2) is 11.6 Å². The first-order valence-electron chi connectivity index (χ1n) is 8.96. The molecule has 2 heterocycles. The Kier molecular flexibility index (Phi) is 3.64. The number of para-hydroxylation sites is 1. The maximum Gasteiger partial charge on any atom is 0.126 e. The van der Waals surface area contributed by atoms with Gasteiger partial charge in [-0.1, -0.05) is 45.9 Å². The van der Waals surface area contributed by atoms with Crippen molar-refractivity contribution in [2.45, 2.75) is 46.0 Å². The van der Waals surface area contributed by atoms with Crippen LogP contribution in [0, 0.1) is 0 Å². The maximum absolute atomic E-state index is 5.88. The molecule has 0 saturated heterocycles. The van der Waals surface area contributed by atoms with Gasteiger partial charge in [0.05, 0.1) is 6.61 Å². The quantitative estimate of drug-likeness (QED) is 0.627. The summed E-state index contributed by atoms with van der Waals surface area (Å²) in [6.07, 6.45) is 1.01. The third kappa shape index (κ3) is 2.41. The van der Waals surface area contributed by atoms with Crippen LogP contribution < -0.4 is 4.74 Å². The summed E-state index contributed by atoms with van der Waals surface area (Å²) >= 11 is 0. The number of rotatable bonds is 3. The van der Waals surface area contributed by atoms with Crippen molar-refractivity contribution in [3.05, 3.63) is 53.1 Å². The summed E-state index contributed by atoms with van der Waals surface area (Å²) in [5, 5.41) is 1.29. The van der Waals surface area contributed by atoms with E-state index in [9.17, 15) is 0 Å². The SMILES string of the molecule is CC(C)c1cc(-c2cc3cccc(C(C)C)c3[nH]2)cc2c1OCC2. The molecule has 1 aliphatic rings. The summed E-state index contributed by atoms with van der Waals surface area (Å²) in [6.45, 7) is 9.78. The van der Waals surface area contributed by atoms with Gasteiger partial charge in [0.15, 0.2) is 0 Å². The zero-order valence-electron chi connectivity index (χ0n) is 14.9. The summed E-state index contributed by atoms with van der Waals surface area (Å²) < 4.78 is 5.88. The Bertz CT molecular complexity index is 902. The highest BCUT2D eigenvalue weighted by molar-refractivity contribution is 5.89. The zero-order valence-corrected chi connectivity index (χ0v) is 14.9. The highest BCUT2D eigenvalue weighted by Gasteiger charge is 2.20. The fourth-order valence-corrected chi connectivity index (χ4v) is 3.74. The second-order valence-corrected chi connectivity index (χ2v) is 7.46. The molecule has 24 heavy (non-hydrogen) atoms. The molecule has 2 aromatic carbocycles. The van der Waals surface area contributed by atoms with E-state index in [4.69, 9.17) is 4.74 Å². The molecule has 0 atom stereocenters. The summed E-state index contributed by atoms with van der Waals surface area (Å²) in [4.78, 5) is 3.68. The topological polar surface area (TPSA) is 25.0 Å². The lowest BCUT2D eigenvalue weighted by molar-refractivity contribution is 0.352. The van der Waals surface area contributed by atoms with Crippen molar-refractivity contribution in [1.82, 2.24) is 4.98 Å². The van der Waals surface area contributed by atoms with Crippen LogP contribution in [0.1, 0.15) is 56.2 Å². The largest absolute Gasteiger partial charge is 0.493 e. The van der Waals surface area contributed by atoms with Gasteiger partial charge in [0.25, 0.3) is 0 Å². The molecule has 0 aliphatic carbocycles.